The second-order valence-corrected chi connectivity index (χ2v) is 12.7. The molecule has 0 aromatic heterocycles. The quantitative estimate of drug-likeness (QED) is 0.0300. The van der Waals surface area contributed by atoms with Crippen LogP contribution in [0, 0.1) is 0 Å². The van der Waals surface area contributed by atoms with Crippen LogP contribution < -0.4 is 0 Å². The lowest BCUT2D eigenvalue weighted by molar-refractivity contribution is -0.161. The number of hydrogen-bond acceptors (Lipinski definition) is 7. The summed E-state index contributed by atoms with van der Waals surface area (Å²) in [6.45, 7) is 3.13. The largest absolute Gasteiger partial charge is 0.469 e. The molecule has 0 saturated heterocycles. The molecular formula is C35H61O9P. The highest BCUT2D eigenvalue weighted by molar-refractivity contribution is 7.46. The predicted octanol–water partition coefficient (Wildman–Crippen LogP) is 8.59. The minimum atomic E-state index is -4.76. The first-order chi connectivity index (χ1) is 21.6. The number of ether oxygens (including phenoxy) is 2. The summed E-state index contributed by atoms with van der Waals surface area (Å²) in [4.78, 5) is 42.4. The average Bonchev–Trinajstić information content (AvgIpc) is 2.98. The van der Waals surface area contributed by atoms with Gasteiger partial charge in [0.1, 0.15) is 6.61 Å². The van der Waals surface area contributed by atoms with Gasteiger partial charge in [-0.15, -0.1) is 0 Å². The SMILES string of the molecule is CCCCCCCCCCCC(=O)O[C@H](COC(=O)CCC/C=C\C/C=C\C/C=C\C/C=C\CCC[C@@H](C)O)COP(=O)(O)O. The van der Waals surface area contributed by atoms with E-state index < -0.39 is 32.5 Å². The molecule has 0 spiro atoms. The van der Waals surface area contributed by atoms with Gasteiger partial charge < -0.3 is 24.4 Å². The van der Waals surface area contributed by atoms with Gasteiger partial charge in [0.15, 0.2) is 6.10 Å². The van der Waals surface area contributed by atoms with Crippen LogP contribution in [0.4, 0.5) is 0 Å². The van der Waals surface area contributed by atoms with Gasteiger partial charge in [0.2, 0.25) is 0 Å². The van der Waals surface area contributed by atoms with Crippen molar-refractivity contribution in [3.63, 3.8) is 0 Å². The number of hydrogen-bond donors (Lipinski definition) is 3. The zero-order chi connectivity index (χ0) is 33.4. The number of allylic oxidation sites excluding steroid dienone is 8. The maximum atomic E-state index is 12.2. The minimum absolute atomic E-state index is 0.179. The standard InChI is InChI=1S/C35H61O9P/c1-3-4-5-6-7-15-20-23-26-29-35(38)44-33(31-43-45(39,40)41)30-42-34(37)28-25-22-19-17-14-12-10-8-9-11-13-16-18-21-24-27-32(2)36/h9-12,16-19,32-33,36H,3-8,13-15,20-31H2,1-2H3,(H2,39,40,41)/b11-9-,12-10-,18-16-,19-17-/t32-,33-/m1/s1. The number of phosphoric ester groups is 1. The molecule has 0 radical (unpaired) electrons. The summed E-state index contributed by atoms with van der Waals surface area (Å²) < 4.78 is 26.1. The fourth-order valence-electron chi connectivity index (χ4n) is 4.32. The van der Waals surface area contributed by atoms with E-state index in [0.717, 1.165) is 57.8 Å². The number of aliphatic hydroxyl groups is 1. The van der Waals surface area contributed by atoms with E-state index in [-0.39, 0.29) is 25.6 Å². The first-order valence-electron chi connectivity index (χ1n) is 17.0. The van der Waals surface area contributed by atoms with Crippen molar-refractivity contribution in [2.24, 2.45) is 0 Å². The van der Waals surface area contributed by atoms with E-state index in [9.17, 15) is 19.3 Å². The van der Waals surface area contributed by atoms with Crippen molar-refractivity contribution in [2.45, 2.75) is 148 Å². The number of unbranched alkanes of at least 4 members (excludes halogenated alkanes) is 10. The topological polar surface area (TPSA) is 140 Å². The number of aliphatic hydroxyl groups excluding tert-OH is 1. The molecule has 0 aliphatic heterocycles. The Hall–Kier alpha value is -2.03. The van der Waals surface area contributed by atoms with Crippen molar-refractivity contribution >= 4 is 19.8 Å². The number of esters is 2. The van der Waals surface area contributed by atoms with Crippen LogP contribution in [0.15, 0.2) is 48.6 Å². The second kappa shape index (κ2) is 30.6. The van der Waals surface area contributed by atoms with E-state index in [1.165, 1.54) is 32.1 Å². The van der Waals surface area contributed by atoms with Crippen LogP contribution in [0.25, 0.3) is 0 Å². The summed E-state index contributed by atoms with van der Waals surface area (Å²) in [6.07, 6.45) is 32.7. The summed E-state index contributed by atoms with van der Waals surface area (Å²) in [6, 6.07) is 0. The van der Waals surface area contributed by atoms with Crippen molar-refractivity contribution in [1.82, 2.24) is 0 Å². The molecule has 10 heteroatoms. The normalized spacial score (nSPS) is 13.8. The lowest BCUT2D eigenvalue weighted by Gasteiger charge is -2.18. The van der Waals surface area contributed by atoms with Gasteiger partial charge in [0.25, 0.3) is 0 Å². The van der Waals surface area contributed by atoms with Crippen LogP contribution in [0.1, 0.15) is 136 Å². The molecule has 0 rings (SSSR count). The molecule has 0 fully saturated rings. The molecule has 0 amide bonds. The number of rotatable bonds is 30. The van der Waals surface area contributed by atoms with Crippen LogP contribution in [0.2, 0.25) is 0 Å². The van der Waals surface area contributed by atoms with Gasteiger partial charge in [-0.25, -0.2) is 4.57 Å². The van der Waals surface area contributed by atoms with Crippen molar-refractivity contribution in [2.75, 3.05) is 13.2 Å². The van der Waals surface area contributed by atoms with Gasteiger partial charge in [-0.3, -0.25) is 14.1 Å². The molecule has 0 aromatic carbocycles. The molecule has 9 nitrogen and oxygen atoms in total. The average molecular weight is 657 g/mol. The monoisotopic (exact) mass is 656 g/mol. The highest BCUT2D eigenvalue weighted by Gasteiger charge is 2.22. The molecule has 0 unspecified atom stereocenters. The number of phosphoric acid groups is 1. The van der Waals surface area contributed by atoms with Crippen LogP contribution in [0.3, 0.4) is 0 Å². The maximum absolute atomic E-state index is 12.2. The Balaban J connectivity index is 4.10. The van der Waals surface area contributed by atoms with E-state index in [4.69, 9.17) is 19.3 Å². The van der Waals surface area contributed by atoms with Crippen LogP contribution >= 0.6 is 7.82 Å². The molecule has 45 heavy (non-hydrogen) atoms. The van der Waals surface area contributed by atoms with Crippen molar-refractivity contribution in [3.05, 3.63) is 48.6 Å². The lowest BCUT2D eigenvalue weighted by atomic mass is 10.1. The number of carbonyl (C=O) groups excluding carboxylic acids is 2. The summed E-state index contributed by atoms with van der Waals surface area (Å²) in [5.41, 5.74) is 0. The summed E-state index contributed by atoms with van der Waals surface area (Å²) >= 11 is 0. The first kappa shape index (κ1) is 43.0. The van der Waals surface area contributed by atoms with Gasteiger partial charge >= 0.3 is 19.8 Å². The zero-order valence-electron chi connectivity index (χ0n) is 27.9. The lowest BCUT2D eigenvalue weighted by Crippen LogP contribution is -2.29. The Kier molecular flexibility index (Phi) is 29.2. The Morgan fingerprint density at radius 2 is 1.16 bits per heavy atom. The zero-order valence-corrected chi connectivity index (χ0v) is 28.8. The van der Waals surface area contributed by atoms with E-state index in [1.54, 1.807) is 0 Å². The van der Waals surface area contributed by atoms with Gasteiger partial charge in [-0.1, -0.05) is 107 Å². The summed E-state index contributed by atoms with van der Waals surface area (Å²) in [5, 5.41) is 9.22. The first-order valence-corrected chi connectivity index (χ1v) is 18.5. The van der Waals surface area contributed by atoms with Gasteiger partial charge in [-0.05, 0) is 64.7 Å². The van der Waals surface area contributed by atoms with Crippen molar-refractivity contribution in [1.29, 1.82) is 0 Å². The molecule has 3 N–H and O–H groups in total. The molecule has 0 saturated carbocycles. The molecular weight excluding hydrogens is 595 g/mol. The summed E-state index contributed by atoms with van der Waals surface area (Å²) in [5.74, 6) is -0.975. The molecule has 0 aliphatic rings. The van der Waals surface area contributed by atoms with E-state index >= 15 is 0 Å². The van der Waals surface area contributed by atoms with E-state index in [1.807, 2.05) is 19.1 Å². The molecule has 260 valence electrons. The smallest absolute Gasteiger partial charge is 0.462 e. The fourth-order valence-corrected chi connectivity index (χ4v) is 4.68. The highest BCUT2D eigenvalue weighted by Crippen LogP contribution is 2.35. The Labute approximate surface area is 272 Å². The third kappa shape index (κ3) is 34.7. The van der Waals surface area contributed by atoms with Crippen LogP contribution in [-0.2, 0) is 28.2 Å². The Morgan fingerprint density at radius 3 is 1.69 bits per heavy atom. The second-order valence-electron chi connectivity index (χ2n) is 11.4. The minimum Gasteiger partial charge on any atom is -0.462 e. The molecule has 0 aliphatic carbocycles. The fraction of sp³-hybridized carbons (Fsp3) is 0.714. The van der Waals surface area contributed by atoms with Crippen LogP contribution in [-0.4, -0.2) is 52.3 Å². The predicted molar refractivity (Wildman–Crippen MR) is 180 cm³/mol. The molecule has 0 aromatic rings. The Morgan fingerprint density at radius 1 is 0.667 bits per heavy atom. The van der Waals surface area contributed by atoms with E-state index in [2.05, 4.69) is 47.9 Å². The third-order valence-electron chi connectivity index (χ3n) is 6.87. The highest BCUT2D eigenvalue weighted by atomic mass is 31.2. The molecule has 0 bridgehead atoms. The van der Waals surface area contributed by atoms with Crippen molar-refractivity contribution in [3.8, 4) is 0 Å². The van der Waals surface area contributed by atoms with Gasteiger partial charge in [0.05, 0.1) is 12.7 Å². The van der Waals surface area contributed by atoms with Gasteiger partial charge in [0, 0.05) is 12.8 Å². The molecule has 2 atom stereocenters. The number of carbonyl (C=O) groups is 2. The summed E-state index contributed by atoms with van der Waals surface area (Å²) in [7, 11) is -4.76. The maximum Gasteiger partial charge on any atom is 0.469 e. The van der Waals surface area contributed by atoms with Crippen molar-refractivity contribution < 1.29 is 43.0 Å². The van der Waals surface area contributed by atoms with Crippen LogP contribution in [0.5, 0.6) is 0 Å². The third-order valence-corrected chi connectivity index (χ3v) is 7.35. The Bertz CT molecular complexity index is 890. The van der Waals surface area contributed by atoms with E-state index in [0.29, 0.717) is 19.3 Å². The molecule has 0 heterocycles. The van der Waals surface area contributed by atoms with Gasteiger partial charge in [-0.2, -0.15) is 0 Å².